The zero-order valence-corrected chi connectivity index (χ0v) is 20.8. The third-order valence-electron chi connectivity index (χ3n) is 6.32. The third kappa shape index (κ3) is 7.74. The number of likely N-dealkylation sites (tertiary alicyclic amines) is 1. The fraction of sp³-hybridized carbons (Fsp3) is 0.444. The van der Waals surface area contributed by atoms with Crippen LogP contribution in [0.3, 0.4) is 0 Å². The highest BCUT2D eigenvalue weighted by Crippen LogP contribution is 2.23. The average Bonchev–Trinajstić information content (AvgIpc) is 2.79. The van der Waals surface area contributed by atoms with Crippen molar-refractivity contribution in [3.8, 4) is 0 Å². The lowest BCUT2D eigenvalue weighted by atomic mass is 9.91. The van der Waals surface area contributed by atoms with Crippen molar-refractivity contribution >= 4 is 21.6 Å². The van der Waals surface area contributed by atoms with E-state index >= 15 is 0 Å². The van der Waals surface area contributed by atoms with Crippen molar-refractivity contribution in [1.29, 1.82) is 0 Å². The Kier molecular flexibility index (Phi) is 8.73. The number of nitrogens with one attached hydrogen (secondary N) is 1. The molecule has 2 aromatic carbocycles. The molecule has 0 spiro atoms. The summed E-state index contributed by atoms with van der Waals surface area (Å²) in [5.74, 6) is 0.948. The van der Waals surface area contributed by atoms with Crippen molar-refractivity contribution in [3.05, 3.63) is 76.7 Å². The first-order valence-corrected chi connectivity index (χ1v) is 13.4. The van der Waals surface area contributed by atoms with E-state index in [1.165, 1.54) is 11.1 Å². The quantitative estimate of drug-likeness (QED) is 0.521. The van der Waals surface area contributed by atoms with Crippen molar-refractivity contribution in [2.75, 3.05) is 13.1 Å². The van der Waals surface area contributed by atoms with Gasteiger partial charge in [0.1, 0.15) is 0 Å². The zero-order valence-electron chi connectivity index (χ0n) is 20.0. The lowest BCUT2D eigenvalue weighted by Crippen LogP contribution is -2.46. The molecule has 1 heterocycles. The van der Waals surface area contributed by atoms with Crippen LogP contribution in [0.25, 0.3) is 5.57 Å². The minimum Gasteiger partial charge on any atom is -0.324 e. The Hall–Kier alpha value is -2.60. The number of hydrogen-bond donors (Lipinski definition) is 1. The Bertz CT molecular complexity index is 1040. The molecular formula is C27H36N2O3S. The van der Waals surface area contributed by atoms with Crippen molar-refractivity contribution in [2.24, 2.45) is 5.92 Å². The maximum atomic E-state index is 12.7. The molecule has 1 atom stereocenters. The van der Waals surface area contributed by atoms with E-state index in [9.17, 15) is 13.2 Å². The summed E-state index contributed by atoms with van der Waals surface area (Å²) in [4.78, 5) is 14.3. The predicted molar refractivity (Wildman–Crippen MR) is 135 cm³/mol. The summed E-state index contributed by atoms with van der Waals surface area (Å²) < 4.78 is 27.2. The van der Waals surface area contributed by atoms with Crippen LogP contribution in [0, 0.1) is 5.92 Å². The average molecular weight is 469 g/mol. The lowest BCUT2D eigenvalue weighted by molar-refractivity contribution is 0.166. The van der Waals surface area contributed by atoms with Gasteiger partial charge in [0.25, 0.3) is 10.0 Å². The number of rotatable bonds is 8. The number of carbonyl (C=O) groups is 1. The molecular weight excluding hydrogens is 432 g/mol. The first-order valence-electron chi connectivity index (χ1n) is 11.9. The van der Waals surface area contributed by atoms with Gasteiger partial charge in [-0.25, -0.2) is 17.9 Å². The molecule has 6 heteroatoms. The molecule has 1 aliphatic rings. The largest absolute Gasteiger partial charge is 0.331 e. The van der Waals surface area contributed by atoms with Gasteiger partial charge in [-0.3, -0.25) is 0 Å². The molecule has 33 heavy (non-hydrogen) atoms. The first-order chi connectivity index (χ1) is 15.7. The van der Waals surface area contributed by atoms with E-state index in [1.54, 1.807) is 11.8 Å². The van der Waals surface area contributed by atoms with Crippen LogP contribution in [0.4, 0.5) is 4.79 Å². The van der Waals surface area contributed by atoms with Crippen LogP contribution in [-0.4, -0.2) is 32.4 Å². The molecule has 178 valence electrons. The number of allylic oxidation sites excluding steroid dienone is 1. The van der Waals surface area contributed by atoms with Gasteiger partial charge < -0.3 is 4.90 Å². The first kappa shape index (κ1) is 25.0. The number of sulfonamides is 1. The number of benzene rings is 2. The van der Waals surface area contributed by atoms with Gasteiger partial charge in [0.2, 0.25) is 0 Å². The molecule has 3 rings (SSSR count). The van der Waals surface area contributed by atoms with E-state index in [4.69, 9.17) is 0 Å². The Morgan fingerprint density at radius 1 is 1.12 bits per heavy atom. The summed E-state index contributed by atoms with van der Waals surface area (Å²) in [6, 6.07) is 17.6. The van der Waals surface area contributed by atoms with Gasteiger partial charge in [-0.15, -0.1) is 0 Å². The molecule has 2 amide bonds. The van der Waals surface area contributed by atoms with Gasteiger partial charge in [-0.1, -0.05) is 68.4 Å². The van der Waals surface area contributed by atoms with Crippen LogP contribution >= 0.6 is 0 Å². The van der Waals surface area contributed by atoms with Gasteiger partial charge in [-0.05, 0) is 73.1 Å². The number of piperidine rings is 1. The summed E-state index contributed by atoms with van der Waals surface area (Å²) in [7, 11) is -3.86. The number of nitrogens with zero attached hydrogens (tertiary/aromatic N) is 1. The van der Waals surface area contributed by atoms with Crippen LogP contribution < -0.4 is 4.72 Å². The number of hydrogen-bond acceptors (Lipinski definition) is 3. The van der Waals surface area contributed by atoms with Gasteiger partial charge in [0.15, 0.2) is 0 Å². The monoisotopic (exact) mass is 468 g/mol. The highest BCUT2D eigenvalue weighted by Gasteiger charge is 2.25. The minimum absolute atomic E-state index is 0.406. The topological polar surface area (TPSA) is 66.5 Å². The van der Waals surface area contributed by atoms with Crippen LogP contribution in [0.5, 0.6) is 0 Å². The molecule has 5 nitrogen and oxygen atoms in total. The summed E-state index contributed by atoms with van der Waals surface area (Å²) in [6.45, 7) is 7.33. The summed E-state index contributed by atoms with van der Waals surface area (Å²) >= 11 is 0. The molecule has 0 saturated carbocycles. The van der Waals surface area contributed by atoms with Gasteiger partial charge in [0, 0.05) is 13.1 Å². The van der Waals surface area contributed by atoms with Crippen molar-refractivity contribution in [1.82, 2.24) is 9.62 Å². The minimum atomic E-state index is -3.86. The molecule has 0 aliphatic carbocycles. The molecule has 0 radical (unpaired) electrons. The number of aryl methyl sites for hydroxylation is 1. The molecule has 1 fully saturated rings. The third-order valence-corrected chi connectivity index (χ3v) is 7.44. The highest BCUT2D eigenvalue weighted by atomic mass is 32.2. The Morgan fingerprint density at radius 3 is 2.48 bits per heavy atom. The Balaban J connectivity index is 1.49. The molecule has 0 aromatic heterocycles. The molecule has 1 N–H and O–H groups in total. The van der Waals surface area contributed by atoms with E-state index in [2.05, 4.69) is 42.8 Å². The Morgan fingerprint density at radius 2 is 1.82 bits per heavy atom. The standard InChI is InChI=1S/C27H36N2O3S/c1-21(2)25-16-14-23(15-17-25)9-7-10-24-11-8-18-29(19-24)27(30)28-33(31,32)20-22(3)26-12-5-4-6-13-26/h4-6,12-17,20-21,24H,7-11,18-19H2,1-3H3,(H,28,30). The lowest BCUT2D eigenvalue weighted by Gasteiger charge is -2.32. The smallest absolute Gasteiger partial charge is 0.324 e. The maximum absolute atomic E-state index is 12.7. The van der Waals surface area contributed by atoms with Crippen molar-refractivity contribution in [2.45, 2.75) is 58.8 Å². The second kappa shape index (κ2) is 11.5. The van der Waals surface area contributed by atoms with Gasteiger partial charge >= 0.3 is 6.03 Å². The molecule has 1 unspecified atom stereocenters. The fourth-order valence-electron chi connectivity index (χ4n) is 4.37. The van der Waals surface area contributed by atoms with Crippen molar-refractivity contribution < 1.29 is 13.2 Å². The predicted octanol–water partition coefficient (Wildman–Crippen LogP) is 5.95. The number of amides is 2. The SMILES string of the molecule is CC(=CS(=O)(=O)NC(=O)N1CCCC(CCCc2ccc(C(C)C)cc2)C1)c1ccccc1. The van der Waals surface area contributed by atoms with Crippen LogP contribution in [0.15, 0.2) is 60.0 Å². The van der Waals surface area contributed by atoms with Gasteiger partial charge in [0.05, 0.1) is 5.41 Å². The second-order valence-corrected chi connectivity index (χ2v) is 10.9. The van der Waals surface area contributed by atoms with Crippen LogP contribution in [0.2, 0.25) is 0 Å². The molecule has 1 saturated heterocycles. The maximum Gasteiger partial charge on any atom is 0.331 e. The second-order valence-electron chi connectivity index (χ2n) is 9.36. The molecule has 2 aromatic rings. The van der Waals surface area contributed by atoms with Crippen LogP contribution in [0.1, 0.15) is 69.1 Å². The van der Waals surface area contributed by atoms with E-state index < -0.39 is 16.1 Å². The number of carbonyl (C=O) groups excluding carboxylic acids is 1. The summed E-state index contributed by atoms with van der Waals surface area (Å²) in [5.41, 5.74) is 4.11. The molecule has 0 bridgehead atoms. The summed E-state index contributed by atoms with van der Waals surface area (Å²) in [6.07, 6.45) is 5.11. The Labute approximate surface area is 198 Å². The van der Waals surface area contributed by atoms with E-state index in [0.717, 1.165) is 43.1 Å². The van der Waals surface area contributed by atoms with E-state index in [1.807, 2.05) is 30.3 Å². The zero-order chi connectivity index (χ0) is 23.8. The highest BCUT2D eigenvalue weighted by molar-refractivity contribution is 7.93. The fourth-order valence-corrected chi connectivity index (χ4v) is 5.40. The normalized spacial score (nSPS) is 17.3. The van der Waals surface area contributed by atoms with E-state index in [-0.39, 0.29) is 0 Å². The number of urea groups is 1. The van der Waals surface area contributed by atoms with E-state index in [0.29, 0.717) is 30.5 Å². The summed E-state index contributed by atoms with van der Waals surface area (Å²) in [5, 5.41) is 1.13. The van der Waals surface area contributed by atoms with Gasteiger partial charge in [-0.2, -0.15) is 0 Å². The van der Waals surface area contributed by atoms with Crippen LogP contribution in [-0.2, 0) is 16.4 Å². The van der Waals surface area contributed by atoms with Crippen molar-refractivity contribution in [3.63, 3.8) is 0 Å². The molecule has 1 aliphatic heterocycles.